The third-order valence-corrected chi connectivity index (χ3v) is 9.86. The van der Waals surface area contributed by atoms with Gasteiger partial charge in [-0.2, -0.15) is 4.31 Å². The van der Waals surface area contributed by atoms with E-state index < -0.39 is 20.0 Å². The van der Waals surface area contributed by atoms with Gasteiger partial charge < -0.3 is 14.4 Å². The number of anilines is 2. The number of hydrogen-bond acceptors (Lipinski definition) is 7. The van der Waals surface area contributed by atoms with Crippen molar-refractivity contribution in [3.63, 3.8) is 0 Å². The van der Waals surface area contributed by atoms with Crippen LogP contribution in [0.15, 0.2) is 47.4 Å². The first-order valence-electron chi connectivity index (χ1n) is 10.8. The van der Waals surface area contributed by atoms with Crippen molar-refractivity contribution in [2.75, 3.05) is 61.9 Å². The first-order valence-corrected chi connectivity index (χ1v) is 13.9. The Morgan fingerprint density at radius 1 is 0.848 bits per heavy atom. The number of sulfonamides is 2. The molecule has 4 rings (SSSR count). The van der Waals surface area contributed by atoms with Crippen LogP contribution in [0, 0.1) is 0 Å². The molecular formula is C22H29N3O6S2. The summed E-state index contributed by atoms with van der Waals surface area (Å²) >= 11 is 0. The number of para-hydroxylation sites is 2. The van der Waals surface area contributed by atoms with Gasteiger partial charge in [0.25, 0.3) is 0 Å². The number of methoxy groups -OCH3 is 2. The largest absolute Gasteiger partial charge is 0.495 e. The first-order chi connectivity index (χ1) is 15.8. The Bertz CT molecular complexity index is 1210. The molecule has 0 N–H and O–H groups in total. The van der Waals surface area contributed by atoms with Crippen molar-refractivity contribution in [2.24, 2.45) is 0 Å². The van der Waals surface area contributed by atoms with Crippen LogP contribution in [0.25, 0.3) is 0 Å². The van der Waals surface area contributed by atoms with Gasteiger partial charge in [-0.3, -0.25) is 4.31 Å². The zero-order chi connectivity index (χ0) is 23.6. The van der Waals surface area contributed by atoms with Gasteiger partial charge in [0.1, 0.15) is 16.4 Å². The van der Waals surface area contributed by atoms with E-state index in [0.717, 1.165) is 17.9 Å². The molecule has 2 aromatic carbocycles. The van der Waals surface area contributed by atoms with Crippen LogP contribution in [-0.4, -0.2) is 73.8 Å². The van der Waals surface area contributed by atoms with Gasteiger partial charge >= 0.3 is 0 Å². The van der Waals surface area contributed by atoms with Gasteiger partial charge in [0.05, 0.1) is 31.3 Å². The Hall–Kier alpha value is -2.50. The molecule has 2 fully saturated rings. The Kier molecular flexibility index (Phi) is 6.73. The normalized spacial score (nSPS) is 19.3. The minimum atomic E-state index is -3.90. The maximum absolute atomic E-state index is 13.6. The lowest BCUT2D eigenvalue weighted by Gasteiger charge is -2.36. The van der Waals surface area contributed by atoms with Crippen molar-refractivity contribution < 1.29 is 26.3 Å². The molecule has 0 bridgehead atoms. The van der Waals surface area contributed by atoms with Crippen LogP contribution < -0.4 is 18.7 Å². The lowest BCUT2D eigenvalue weighted by Crippen LogP contribution is -2.48. The molecule has 2 aliphatic rings. The lowest BCUT2D eigenvalue weighted by molar-refractivity contribution is 0.370. The first kappa shape index (κ1) is 23.7. The van der Waals surface area contributed by atoms with E-state index in [2.05, 4.69) is 4.90 Å². The molecule has 0 atom stereocenters. The van der Waals surface area contributed by atoms with E-state index in [0.29, 0.717) is 31.7 Å². The van der Waals surface area contributed by atoms with Crippen LogP contribution in [0.2, 0.25) is 0 Å². The molecule has 9 nitrogen and oxygen atoms in total. The van der Waals surface area contributed by atoms with Crippen LogP contribution in [0.4, 0.5) is 11.4 Å². The van der Waals surface area contributed by atoms with Gasteiger partial charge in [-0.1, -0.05) is 12.1 Å². The second kappa shape index (κ2) is 9.40. The zero-order valence-corrected chi connectivity index (χ0v) is 20.4. The zero-order valence-electron chi connectivity index (χ0n) is 18.8. The lowest BCUT2D eigenvalue weighted by atomic mass is 10.2. The molecule has 2 aromatic rings. The number of benzene rings is 2. The molecular weight excluding hydrogens is 466 g/mol. The number of rotatable bonds is 6. The summed E-state index contributed by atoms with van der Waals surface area (Å²) < 4.78 is 65.7. The summed E-state index contributed by atoms with van der Waals surface area (Å²) in [7, 11) is -4.34. The van der Waals surface area contributed by atoms with E-state index in [1.54, 1.807) is 13.2 Å². The highest BCUT2D eigenvalue weighted by molar-refractivity contribution is 7.92. The average molecular weight is 496 g/mol. The minimum absolute atomic E-state index is 0.0194. The highest BCUT2D eigenvalue weighted by Crippen LogP contribution is 2.35. The quantitative estimate of drug-likeness (QED) is 0.606. The SMILES string of the molecule is COc1ccccc1N1CCN(S(=O)(=O)c2cc(N3CCCCS3(=O)=O)ccc2OC)CC1. The number of piperazine rings is 1. The predicted molar refractivity (Wildman–Crippen MR) is 127 cm³/mol. The summed E-state index contributed by atoms with van der Waals surface area (Å²) in [6, 6.07) is 12.2. The molecule has 2 saturated heterocycles. The van der Waals surface area contributed by atoms with Crippen molar-refractivity contribution in [3.8, 4) is 11.5 Å². The van der Waals surface area contributed by atoms with E-state index in [4.69, 9.17) is 9.47 Å². The van der Waals surface area contributed by atoms with Crippen LogP contribution in [-0.2, 0) is 20.0 Å². The fraction of sp³-hybridized carbons (Fsp3) is 0.455. The van der Waals surface area contributed by atoms with Crippen molar-refractivity contribution in [1.29, 1.82) is 0 Å². The minimum Gasteiger partial charge on any atom is -0.495 e. The molecule has 2 aliphatic heterocycles. The highest BCUT2D eigenvalue weighted by atomic mass is 32.2. The molecule has 2 heterocycles. The molecule has 0 radical (unpaired) electrons. The Morgan fingerprint density at radius 3 is 2.21 bits per heavy atom. The summed E-state index contributed by atoms with van der Waals surface area (Å²) in [4.78, 5) is 2.08. The summed E-state index contributed by atoms with van der Waals surface area (Å²) in [6.07, 6.45) is 1.34. The van der Waals surface area contributed by atoms with Crippen molar-refractivity contribution in [3.05, 3.63) is 42.5 Å². The Morgan fingerprint density at radius 2 is 1.55 bits per heavy atom. The Labute approximate surface area is 195 Å². The summed E-state index contributed by atoms with van der Waals surface area (Å²) in [5.41, 5.74) is 1.27. The van der Waals surface area contributed by atoms with Gasteiger partial charge in [0, 0.05) is 32.7 Å². The molecule has 0 aromatic heterocycles. The molecule has 33 heavy (non-hydrogen) atoms. The van der Waals surface area contributed by atoms with Crippen LogP contribution in [0.5, 0.6) is 11.5 Å². The Balaban J connectivity index is 1.59. The second-order valence-electron chi connectivity index (χ2n) is 7.99. The number of ether oxygens (including phenoxy) is 2. The van der Waals surface area contributed by atoms with E-state index >= 15 is 0 Å². The second-order valence-corrected chi connectivity index (χ2v) is 11.9. The molecule has 0 spiro atoms. The van der Waals surface area contributed by atoms with Crippen LogP contribution >= 0.6 is 0 Å². The predicted octanol–water partition coefficient (Wildman–Crippen LogP) is 2.14. The van der Waals surface area contributed by atoms with Crippen molar-refractivity contribution in [1.82, 2.24) is 4.31 Å². The fourth-order valence-electron chi connectivity index (χ4n) is 4.30. The van der Waals surface area contributed by atoms with E-state index in [1.165, 1.54) is 27.9 Å². The van der Waals surface area contributed by atoms with Crippen LogP contribution in [0.1, 0.15) is 12.8 Å². The fourth-order valence-corrected chi connectivity index (χ4v) is 7.53. The standard InChI is InChI=1S/C22H29N3O6S2/c1-30-20-8-4-3-7-19(20)23-12-14-24(15-13-23)33(28,29)22-17-18(9-10-21(22)31-2)25-11-5-6-16-32(25,26)27/h3-4,7-10,17H,5-6,11-16H2,1-2H3. The highest BCUT2D eigenvalue weighted by Gasteiger charge is 2.33. The van der Waals surface area contributed by atoms with Crippen molar-refractivity contribution >= 4 is 31.4 Å². The van der Waals surface area contributed by atoms with Gasteiger partial charge in [0.15, 0.2) is 0 Å². The molecule has 180 valence electrons. The molecule has 11 heteroatoms. The third-order valence-electron chi connectivity index (χ3n) is 6.07. The van der Waals surface area contributed by atoms with E-state index in [1.807, 2.05) is 24.3 Å². The third kappa shape index (κ3) is 4.62. The molecule has 0 saturated carbocycles. The summed E-state index contributed by atoms with van der Waals surface area (Å²) in [6.45, 7) is 1.92. The van der Waals surface area contributed by atoms with Gasteiger partial charge in [-0.05, 0) is 43.2 Å². The number of nitrogens with zero attached hydrogens (tertiary/aromatic N) is 3. The van der Waals surface area contributed by atoms with E-state index in [9.17, 15) is 16.8 Å². The molecule has 0 unspecified atom stereocenters. The summed E-state index contributed by atoms with van der Waals surface area (Å²) in [5.74, 6) is 0.998. The average Bonchev–Trinajstić information content (AvgIpc) is 2.83. The topological polar surface area (TPSA) is 96.5 Å². The van der Waals surface area contributed by atoms with Gasteiger partial charge in [-0.15, -0.1) is 0 Å². The summed E-state index contributed by atoms with van der Waals surface area (Å²) in [5, 5.41) is 0. The molecule has 0 amide bonds. The monoisotopic (exact) mass is 495 g/mol. The van der Waals surface area contributed by atoms with Gasteiger partial charge in [-0.25, -0.2) is 16.8 Å². The van der Waals surface area contributed by atoms with Crippen LogP contribution in [0.3, 0.4) is 0 Å². The van der Waals surface area contributed by atoms with Gasteiger partial charge in [0.2, 0.25) is 20.0 Å². The maximum atomic E-state index is 13.6. The molecule has 0 aliphatic carbocycles. The maximum Gasteiger partial charge on any atom is 0.246 e. The van der Waals surface area contributed by atoms with Crippen molar-refractivity contribution in [2.45, 2.75) is 17.7 Å². The smallest absolute Gasteiger partial charge is 0.246 e. The number of hydrogen-bond donors (Lipinski definition) is 0. The van der Waals surface area contributed by atoms with E-state index in [-0.39, 0.29) is 29.5 Å².